The van der Waals surface area contributed by atoms with Gasteiger partial charge in [-0.1, -0.05) is 18.2 Å². The molecule has 0 bridgehead atoms. The molecule has 0 unspecified atom stereocenters. The van der Waals surface area contributed by atoms with Crippen LogP contribution in [0.3, 0.4) is 0 Å². The molecule has 3 rings (SSSR count). The SMILES string of the molecule is Cn1cc(S(=O)(=O)N2CCN(CCO)CC2)c2ccccc21. The van der Waals surface area contributed by atoms with Crippen LogP contribution in [0.2, 0.25) is 0 Å². The molecule has 1 saturated heterocycles. The van der Waals surface area contributed by atoms with Crippen LogP contribution in [0.4, 0.5) is 0 Å². The molecule has 120 valence electrons. The van der Waals surface area contributed by atoms with E-state index in [9.17, 15) is 8.42 Å². The molecular formula is C15H21N3O3S. The zero-order valence-corrected chi connectivity index (χ0v) is 13.5. The van der Waals surface area contributed by atoms with Crippen molar-refractivity contribution in [1.82, 2.24) is 13.8 Å². The monoisotopic (exact) mass is 323 g/mol. The lowest BCUT2D eigenvalue weighted by Crippen LogP contribution is -2.49. The molecule has 1 aromatic heterocycles. The number of nitrogens with zero attached hydrogens (tertiary/aromatic N) is 3. The number of benzene rings is 1. The van der Waals surface area contributed by atoms with Crippen molar-refractivity contribution in [3.05, 3.63) is 30.5 Å². The number of piperazine rings is 1. The summed E-state index contributed by atoms with van der Waals surface area (Å²) in [6, 6.07) is 7.55. The van der Waals surface area contributed by atoms with Crippen molar-refractivity contribution in [1.29, 1.82) is 0 Å². The third-order valence-electron chi connectivity index (χ3n) is 4.23. The van der Waals surface area contributed by atoms with Crippen LogP contribution < -0.4 is 0 Å². The molecule has 1 N–H and O–H groups in total. The lowest BCUT2D eigenvalue weighted by Gasteiger charge is -2.33. The van der Waals surface area contributed by atoms with E-state index in [1.807, 2.05) is 35.9 Å². The van der Waals surface area contributed by atoms with Crippen molar-refractivity contribution in [2.75, 3.05) is 39.3 Å². The van der Waals surface area contributed by atoms with Crippen LogP contribution in [-0.2, 0) is 17.1 Å². The number of para-hydroxylation sites is 1. The van der Waals surface area contributed by atoms with Crippen molar-refractivity contribution < 1.29 is 13.5 Å². The molecule has 7 heteroatoms. The fourth-order valence-corrected chi connectivity index (χ4v) is 4.65. The summed E-state index contributed by atoms with van der Waals surface area (Å²) in [4.78, 5) is 2.45. The van der Waals surface area contributed by atoms with Crippen LogP contribution in [-0.4, -0.2) is 66.6 Å². The minimum absolute atomic E-state index is 0.107. The van der Waals surface area contributed by atoms with Crippen LogP contribution in [0.1, 0.15) is 0 Å². The second-order valence-corrected chi connectivity index (χ2v) is 7.50. The molecule has 1 aliphatic heterocycles. The number of sulfonamides is 1. The highest BCUT2D eigenvalue weighted by Crippen LogP contribution is 2.27. The maximum absolute atomic E-state index is 12.9. The second-order valence-electron chi connectivity index (χ2n) is 5.59. The molecule has 0 amide bonds. The van der Waals surface area contributed by atoms with E-state index in [-0.39, 0.29) is 6.61 Å². The number of aliphatic hydroxyl groups excluding tert-OH is 1. The van der Waals surface area contributed by atoms with Gasteiger partial charge in [0, 0.05) is 56.9 Å². The molecule has 0 radical (unpaired) electrons. The second kappa shape index (κ2) is 6.00. The van der Waals surface area contributed by atoms with Crippen molar-refractivity contribution in [3.8, 4) is 0 Å². The Kier molecular flexibility index (Phi) is 4.22. The fraction of sp³-hybridized carbons (Fsp3) is 0.467. The summed E-state index contributed by atoms with van der Waals surface area (Å²) in [6.07, 6.45) is 1.69. The summed E-state index contributed by atoms with van der Waals surface area (Å²) >= 11 is 0. The van der Waals surface area contributed by atoms with Crippen LogP contribution in [0.25, 0.3) is 10.9 Å². The Morgan fingerprint density at radius 1 is 1.14 bits per heavy atom. The molecule has 0 atom stereocenters. The van der Waals surface area contributed by atoms with Crippen molar-refractivity contribution >= 4 is 20.9 Å². The van der Waals surface area contributed by atoms with E-state index in [0.29, 0.717) is 37.6 Å². The van der Waals surface area contributed by atoms with E-state index in [1.54, 1.807) is 10.5 Å². The van der Waals surface area contributed by atoms with Gasteiger partial charge in [0.15, 0.2) is 0 Å². The first kappa shape index (κ1) is 15.5. The lowest BCUT2D eigenvalue weighted by molar-refractivity contribution is 0.151. The number of hydrogen-bond acceptors (Lipinski definition) is 4. The molecular weight excluding hydrogens is 302 g/mol. The minimum atomic E-state index is -3.48. The van der Waals surface area contributed by atoms with Gasteiger partial charge in [-0.3, -0.25) is 4.90 Å². The Hall–Kier alpha value is -1.41. The molecule has 1 aliphatic rings. The smallest absolute Gasteiger partial charge is 0.245 e. The first-order chi connectivity index (χ1) is 10.5. The van der Waals surface area contributed by atoms with Gasteiger partial charge in [0.2, 0.25) is 10.0 Å². The quantitative estimate of drug-likeness (QED) is 0.889. The third-order valence-corrected chi connectivity index (χ3v) is 6.15. The van der Waals surface area contributed by atoms with Crippen LogP contribution >= 0.6 is 0 Å². The zero-order valence-electron chi connectivity index (χ0n) is 12.6. The number of fused-ring (bicyclic) bond motifs is 1. The van der Waals surface area contributed by atoms with Crippen molar-refractivity contribution in [2.24, 2.45) is 7.05 Å². The van der Waals surface area contributed by atoms with Crippen LogP contribution in [0.5, 0.6) is 0 Å². The predicted octanol–water partition coefficient (Wildman–Crippen LogP) is 0.477. The van der Waals surface area contributed by atoms with Gasteiger partial charge in [-0.2, -0.15) is 4.31 Å². The summed E-state index contributed by atoms with van der Waals surface area (Å²) < 4.78 is 29.2. The number of rotatable bonds is 4. The number of aliphatic hydroxyl groups is 1. The topological polar surface area (TPSA) is 65.8 Å². The Morgan fingerprint density at radius 3 is 2.50 bits per heavy atom. The predicted molar refractivity (Wildman–Crippen MR) is 85.2 cm³/mol. The lowest BCUT2D eigenvalue weighted by atomic mass is 10.2. The Labute approximate surface area is 130 Å². The van der Waals surface area contributed by atoms with Gasteiger partial charge in [-0.25, -0.2) is 8.42 Å². The molecule has 22 heavy (non-hydrogen) atoms. The molecule has 1 aromatic carbocycles. The van der Waals surface area contributed by atoms with Gasteiger partial charge in [0.25, 0.3) is 0 Å². The molecule has 0 saturated carbocycles. The van der Waals surface area contributed by atoms with Gasteiger partial charge >= 0.3 is 0 Å². The highest BCUT2D eigenvalue weighted by Gasteiger charge is 2.30. The molecule has 6 nitrogen and oxygen atoms in total. The maximum atomic E-state index is 12.9. The average Bonchev–Trinajstić information content (AvgIpc) is 2.87. The largest absolute Gasteiger partial charge is 0.395 e. The van der Waals surface area contributed by atoms with Gasteiger partial charge < -0.3 is 9.67 Å². The van der Waals surface area contributed by atoms with Crippen LogP contribution in [0, 0.1) is 0 Å². The average molecular weight is 323 g/mol. The van der Waals surface area contributed by atoms with Gasteiger partial charge in [-0.15, -0.1) is 0 Å². The summed E-state index contributed by atoms with van der Waals surface area (Å²) in [5, 5.41) is 9.73. The summed E-state index contributed by atoms with van der Waals surface area (Å²) in [5.74, 6) is 0. The maximum Gasteiger partial charge on any atom is 0.245 e. The molecule has 2 aromatic rings. The molecule has 0 spiro atoms. The van der Waals surface area contributed by atoms with Gasteiger partial charge in [-0.05, 0) is 6.07 Å². The standard InChI is InChI=1S/C15H21N3O3S/c1-16-12-15(13-4-2-3-5-14(13)16)22(20,21)18-8-6-17(7-9-18)10-11-19/h2-5,12,19H,6-11H2,1H3. The van der Waals surface area contributed by atoms with Crippen molar-refractivity contribution in [2.45, 2.75) is 4.90 Å². The van der Waals surface area contributed by atoms with Gasteiger partial charge in [0.05, 0.1) is 6.61 Å². The third kappa shape index (κ3) is 2.65. The Bertz CT molecular complexity index is 761. The molecule has 0 aliphatic carbocycles. The summed E-state index contributed by atoms with van der Waals surface area (Å²) in [5.41, 5.74) is 0.917. The summed E-state index contributed by atoms with van der Waals surface area (Å²) in [7, 11) is -1.62. The highest BCUT2D eigenvalue weighted by molar-refractivity contribution is 7.89. The highest BCUT2D eigenvalue weighted by atomic mass is 32.2. The van der Waals surface area contributed by atoms with E-state index in [2.05, 4.69) is 4.90 Å². The first-order valence-electron chi connectivity index (χ1n) is 7.41. The number of aromatic nitrogens is 1. The number of aryl methyl sites for hydroxylation is 1. The van der Waals surface area contributed by atoms with Crippen LogP contribution in [0.15, 0.2) is 35.4 Å². The van der Waals surface area contributed by atoms with E-state index in [1.165, 1.54) is 0 Å². The Morgan fingerprint density at radius 2 is 1.82 bits per heavy atom. The zero-order chi connectivity index (χ0) is 15.7. The van der Waals surface area contributed by atoms with Crippen molar-refractivity contribution in [3.63, 3.8) is 0 Å². The van der Waals surface area contributed by atoms with E-state index < -0.39 is 10.0 Å². The normalized spacial score (nSPS) is 18.1. The number of β-amino-alcohol motifs (C(OH)–C–C–N with tert-alkyl or cyclic N) is 1. The number of hydrogen-bond donors (Lipinski definition) is 1. The van der Waals surface area contributed by atoms with E-state index >= 15 is 0 Å². The molecule has 2 heterocycles. The fourth-order valence-electron chi connectivity index (χ4n) is 2.98. The van der Waals surface area contributed by atoms with E-state index in [4.69, 9.17) is 5.11 Å². The van der Waals surface area contributed by atoms with E-state index in [0.717, 1.165) is 10.9 Å². The molecule has 1 fully saturated rings. The van der Waals surface area contributed by atoms with Gasteiger partial charge in [0.1, 0.15) is 4.90 Å². The summed E-state index contributed by atoms with van der Waals surface area (Å²) in [6.45, 7) is 2.95. The minimum Gasteiger partial charge on any atom is -0.395 e. The first-order valence-corrected chi connectivity index (χ1v) is 8.85. The Balaban J connectivity index is 1.90.